The van der Waals surface area contributed by atoms with E-state index in [-0.39, 0.29) is 17.5 Å². The monoisotopic (exact) mass is 312 g/mol. The Morgan fingerprint density at radius 3 is 2.52 bits per heavy atom. The van der Waals surface area contributed by atoms with Crippen LogP contribution < -0.4 is 10.6 Å². The smallest absolute Gasteiger partial charge is 0.255 e. The fourth-order valence-corrected chi connectivity index (χ4v) is 2.21. The van der Waals surface area contributed by atoms with Crippen molar-refractivity contribution < 1.29 is 14.0 Å². The van der Waals surface area contributed by atoms with E-state index in [4.69, 9.17) is 0 Å². The van der Waals surface area contributed by atoms with Crippen molar-refractivity contribution in [2.24, 2.45) is 0 Å². The second kappa shape index (κ2) is 6.20. The third-order valence-electron chi connectivity index (χ3n) is 3.77. The van der Waals surface area contributed by atoms with Gasteiger partial charge >= 0.3 is 0 Å². The molecule has 0 heterocycles. The Labute approximate surface area is 133 Å². The summed E-state index contributed by atoms with van der Waals surface area (Å²) in [6.07, 6.45) is 1.98. The van der Waals surface area contributed by atoms with E-state index in [9.17, 15) is 14.0 Å². The minimum atomic E-state index is -0.449. The van der Waals surface area contributed by atoms with E-state index in [0.717, 1.165) is 12.8 Å². The van der Waals surface area contributed by atoms with Crippen LogP contribution in [0, 0.1) is 12.7 Å². The lowest BCUT2D eigenvalue weighted by atomic mass is 10.1. The van der Waals surface area contributed by atoms with Crippen LogP contribution in [0.5, 0.6) is 0 Å². The molecule has 1 aliphatic rings. The number of hydrogen-bond acceptors (Lipinski definition) is 2. The summed E-state index contributed by atoms with van der Waals surface area (Å²) in [7, 11) is 0. The molecule has 5 heteroatoms. The van der Waals surface area contributed by atoms with E-state index in [1.54, 1.807) is 43.3 Å². The molecule has 0 saturated heterocycles. The highest BCUT2D eigenvalue weighted by atomic mass is 19.1. The Morgan fingerprint density at radius 1 is 1.09 bits per heavy atom. The molecule has 0 spiro atoms. The highest BCUT2D eigenvalue weighted by molar-refractivity contribution is 6.09. The zero-order valence-electron chi connectivity index (χ0n) is 12.7. The van der Waals surface area contributed by atoms with Crippen LogP contribution in [-0.2, 0) is 0 Å². The first-order valence-corrected chi connectivity index (χ1v) is 7.52. The summed E-state index contributed by atoms with van der Waals surface area (Å²) in [6, 6.07) is 11.3. The first kappa shape index (κ1) is 15.2. The molecule has 1 aliphatic carbocycles. The first-order valence-electron chi connectivity index (χ1n) is 7.52. The van der Waals surface area contributed by atoms with Gasteiger partial charge in [-0.05, 0) is 49.6 Å². The van der Waals surface area contributed by atoms with Crippen LogP contribution in [0.25, 0.3) is 0 Å². The predicted molar refractivity (Wildman–Crippen MR) is 86.0 cm³/mol. The van der Waals surface area contributed by atoms with Gasteiger partial charge in [-0.1, -0.05) is 18.2 Å². The number of carbonyl (C=O) groups excluding carboxylic acids is 2. The van der Waals surface area contributed by atoms with Crippen molar-refractivity contribution in [1.82, 2.24) is 5.32 Å². The van der Waals surface area contributed by atoms with Gasteiger partial charge in [0.05, 0.1) is 11.3 Å². The van der Waals surface area contributed by atoms with E-state index < -0.39 is 11.7 Å². The van der Waals surface area contributed by atoms with Crippen LogP contribution in [0.2, 0.25) is 0 Å². The molecule has 2 aromatic carbocycles. The van der Waals surface area contributed by atoms with Crippen LogP contribution in [0.1, 0.15) is 39.1 Å². The molecule has 0 aliphatic heterocycles. The standard InChI is InChI=1S/C18H17FN2O2/c1-11-6-7-12(10-15(11)19)17(22)21-16-5-3-2-4-14(16)18(23)20-13-8-9-13/h2-7,10,13H,8-9H2,1H3,(H,20,23)(H,21,22). The number of hydrogen-bond donors (Lipinski definition) is 2. The summed E-state index contributed by atoms with van der Waals surface area (Å²) in [6.45, 7) is 1.63. The Morgan fingerprint density at radius 2 is 1.83 bits per heavy atom. The maximum atomic E-state index is 13.6. The number of halogens is 1. The van der Waals surface area contributed by atoms with Gasteiger partial charge < -0.3 is 10.6 Å². The van der Waals surface area contributed by atoms with Crippen molar-refractivity contribution in [3.8, 4) is 0 Å². The Bertz CT molecular complexity index is 769. The number of carbonyl (C=O) groups is 2. The number of amides is 2. The Balaban J connectivity index is 1.80. The molecule has 0 bridgehead atoms. The van der Waals surface area contributed by atoms with Crippen LogP contribution in [0.3, 0.4) is 0 Å². The molecule has 2 N–H and O–H groups in total. The minimum absolute atomic E-state index is 0.210. The fourth-order valence-electron chi connectivity index (χ4n) is 2.21. The van der Waals surface area contributed by atoms with Crippen molar-refractivity contribution in [3.63, 3.8) is 0 Å². The number of anilines is 1. The summed E-state index contributed by atoms with van der Waals surface area (Å²) < 4.78 is 13.6. The lowest BCUT2D eigenvalue weighted by Gasteiger charge is -2.11. The summed E-state index contributed by atoms with van der Waals surface area (Å²) in [5.41, 5.74) is 1.51. The molecule has 0 aromatic heterocycles. The van der Waals surface area contributed by atoms with E-state index in [1.165, 1.54) is 6.07 Å². The summed E-state index contributed by atoms with van der Waals surface area (Å²) >= 11 is 0. The molecular formula is C18H17FN2O2. The SMILES string of the molecule is Cc1ccc(C(=O)Nc2ccccc2C(=O)NC2CC2)cc1F. The van der Waals surface area contributed by atoms with Gasteiger partial charge in [-0.25, -0.2) is 4.39 Å². The molecular weight excluding hydrogens is 295 g/mol. The summed E-state index contributed by atoms with van der Waals surface area (Å²) in [5.74, 6) is -1.09. The van der Waals surface area contributed by atoms with Gasteiger partial charge in [-0.3, -0.25) is 9.59 Å². The van der Waals surface area contributed by atoms with Crippen molar-refractivity contribution in [2.45, 2.75) is 25.8 Å². The molecule has 23 heavy (non-hydrogen) atoms. The van der Waals surface area contributed by atoms with E-state index in [2.05, 4.69) is 10.6 Å². The van der Waals surface area contributed by atoms with E-state index in [1.807, 2.05) is 0 Å². The largest absolute Gasteiger partial charge is 0.349 e. The molecule has 118 valence electrons. The van der Waals surface area contributed by atoms with Crippen molar-refractivity contribution in [3.05, 3.63) is 65.0 Å². The molecule has 0 atom stereocenters. The first-order chi connectivity index (χ1) is 11.0. The molecule has 4 nitrogen and oxygen atoms in total. The molecule has 0 unspecified atom stereocenters. The van der Waals surface area contributed by atoms with E-state index >= 15 is 0 Å². The Hall–Kier alpha value is -2.69. The van der Waals surface area contributed by atoms with Crippen LogP contribution in [-0.4, -0.2) is 17.9 Å². The predicted octanol–water partition coefficient (Wildman–Crippen LogP) is 3.28. The molecule has 1 saturated carbocycles. The number of aryl methyl sites for hydroxylation is 1. The lowest BCUT2D eigenvalue weighted by Crippen LogP contribution is -2.27. The van der Waals surface area contributed by atoms with Gasteiger partial charge in [0.2, 0.25) is 0 Å². The van der Waals surface area contributed by atoms with Crippen molar-refractivity contribution in [1.29, 1.82) is 0 Å². The molecule has 0 radical (unpaired) electrons. The van der Waals surface area contributed by atoms with Gasteiger partial charge in [0.1, 0.15) is 5.82 Å². The van der Waals surface area contributed by atoms with Crippen molar-refractivity contribution >= 4 is 17.5 Å². The zero-order chi connectivity index (χ0) is 16.4. The highest BCUT2D eigenvalue weighted by Crippen LogP contribution is 2.22. The number of rotatable bonds is 4. The van der Waals surface area contributed by atoms with Crippen molar-refractivity contribution in [2.75, 3.05) is 5.32 Å². The quantitative estimate of drug-likeness (QED) is 0.910. The van der Waals surface area contributed by atoms with Crippen LogP contribution in [0.4, 0.5) is 10.1 Å². The fraction of sp³-hybridized carbons (Fsp3) is 0.222. The molecule has 1 fully saturated rings. The van der Waals surface area contributed by atoms with E-state index in [0.29, 0.717) is 16.8 Å². The Kier molecular flexibility index (Phi) is 4.10. The second-order valence-electron chi connectivity index (χ2n) is 5.71. The third kappa shape index (κ3) is 3.56. The normalized spacial score (nSPS) is 13.5. The van der Waals surface area contributed by atoms with Gasteiger partial charge in [0.15, 0.2) is 0 Å². The zero-order valence-corrected chi connectivity index (χ0v) is 12.7. The number of benzene rings is 2. The van der Waals surface area contributed by atoms with Gasteiger partial charge in [-0.2, -0.15) is 0 Å². The van der Waals surface area contributed by atoms with Gasteiger partial charge in [0, 0.05) is 11.6 Å². The third-order valence-corrected chi connectivity index (χ3v) is 3.77. The van der Waals surface area contributed by atoms with Gasteiger partial charge in [-0.15, -0.1) is 0 Å². The average molecular weight is 312 g/mol. The summed E-state index contributed by atoms with van der Waals surface area (Å²) in [5, 5.41) is 5.57. The van der Waals surface area contributed by atoms with Gasteiger partial charge in [0.25, 0.3) is 11.8 Å². The van der Waals surface area contributed by atoms with Crippen LogP contribution >= 0.6 is 0 Å². The molecule has 3 rings (SSSR count). The lowest BCUT2D eigenvalue weighted by molar-refractivity contribution is 0.0952. The topological polar surface area (TPSA) is 58.2 Å². The average Bonchev–Trinajstić information content (AvgIpc) is 3.34. The maximum Gasteiger partial charge on any atom is 0.255 e. The molecule has 2 aromatic rings. The van der Waals surface area contributed by atoms with Crippen LogP contribution in [0.15, 0.2) is 42.5 Å². The summed E-state index contributed by atoms with van der Waals surface area (Å²) in [4.78, 5) is 24.5. The number of nitrogens with one attached hydrogen (secondary N) is 2. The molecule has 2 amide bonds. The number of para-hydroxylation sites is 1. The maximum absolute atomic E-state index is 13.6. The minimum Gasteiger partial charge on any atom is -0.349 e. The highest BCUT2D eigenvalue weighted by Gasteiger charge is 2.25. The second-order valence-corrected chi connectivity index (χ2v) is 5.71.